The van der Waals surface area contributed by atoms with Gasteiger partial charge in [0.15, 0.2) is 16.0 Å². The lowest BCUT2D eigenvalue weighted by molar-refractivity contribution is -0.117. The Morgan fingerprint density at radius 1 is 1.21 bits per heavy atom. The van der Waals surface area contributed by atoms with E-state index in [1.165, 1.54) is 18.3 Å². The van der Waals surface area contributed by atoms with E-state index >= 15 is 0 Å². The third kappa shape index (κ3) is 4.25. The first-order valence-electron chi connectivity index (χ1n) is 9.13. The molecular weight excluding hydrogens is 408 g/mol. The largest absolute Gasteiger partial charge is 0.302 e. The zero-order valence-corrected chi connectivity index (χ0v) is 17.3. The van der Waals surface area contributed by atoms with Crippen LogP contribution in [0.1, 0.15) is 35.1 Å². The number of anilines is 2. The molecule has 1 fully saturated rings. The molecule has 1 aliphatic rings. The number of rotatable bonds is 6. The van der Waals surface area contributed by atoms with Gasteiger partial charge in [-0.3, -0.25) is 19.3 Å². The molecule has 2 aromatic heterocycles. The molecule has 1 aromatic carbocycles. The fourth-order valence-electron chi connectivity index (χ4n) is 3.08. The summed E-state index contributed by atoms with van der Waals surface area (Å²) in [4.78, 5) is 47.3. The van der Waals surface area contributed by atoms with E-state index in [1.807, 2.05) is 30.3 Å². The van der Waals surface area contributed by atoms with Gasteiger partial charge in [0, 0.05) is 30.8 Å². The quantitative estimate of drug-likeness (QED) is 0.606. The molecule has 9 heteroatoms. The van der Waals surface area contributed by atoms with Crippen LogP contribution >= 0.6 is 22.7 Å². The zero-order valence-electron chi connectivity index (χ0n) is 15.7. The van der Waals surface area contributed by atoms with Crippen LogP contribution in [0.2, 0.25) is 0 Å². The lowest BCUT2D eigenvalue weighted by Crippen LogP contribution is -2.23. The molecule has 7 nitrogen and oxygen atoms in total. The molecular formula is C20H18N4O3S2. The number of aromatic nitrogens is 2. The van der Waals surface area contributed by atoms with Crippen LogP contribution in [-0.4, -0.2) is 34.1 Å². The van der Waals surface area contributed by atoms with E-state index in [1.54, 1.807) is 10.3 Å². The van der Waals surface area contributed by atoms with Crippen molar-refractivity contribution in [2.45, 2.75) is 26.2 Å². The van der Waals surface area contributed by atoms with Crippen molar-refractivity contribution >= 4 is 50.5 Å². The molecule has 3 aromatic rings. The van der Waals surface area contributed by atoms with Crippen LogP contribution in [0.4, 0.5) is 10.3 Å². The Bertz CT molecular complexity index is 1070. The summed E-state index contributed by atoms with van der Waals surface area (Å²) in [6.07, 6.45) is 1.45. The summed E-state index contributed by atoms with van der Waals surface area (Å²) in [7, 11) is 0. The Labute approximate surface area is 175 Å². The number of nitrogens with one attached hydrogen (secondary N) is 1. The van der Waals surface area contributed by atoms with E-state index in [4.69, 9.17) is 0 Å². The minimum absolute atomic E-state index is 0.0725. The van der Waals surface area contributed by atoms with Gasteiger partial charge in [0.25, 0.3) is 0 Å². The number of ketones is 1. The SMILES string of the molecule is CC(=O)c1sc(NC(=O)Cc2csc(N3CCCC3=O)n2)nc1-c1ccccc1. The molecule has 0 radical (unpaired) electrons. The van der Waals surface area contributed by atoms with Gasteiger partial charge in [-0.05, 0) is 6.42 Å². The summed E-state index contributed by atoms with van der Waals surface area (Å²) in [5, 5.41) is 5.57. The van der Waals surface area contributed by atoms with E-state index in [-0.39, 0.29) is 24.0 Å². The van der Waals surface area contributed by atoms with Crippen LogP contribution in [-0.2, 0) is 16.0 Å². The van der Waals surface area contributed by atoms with Crippen molar-refractivity contribution in [1.29, 1.82) is 0 Å². The maximum atomic E-state index is 12.5. The second-order valence-electron chi connectivity index (χ2n) is 6.61. The Morgan fingerprint density at radius 2 is 2.00 bits per heavy atom. The first-order valence-corrected chi connectivity index (χ1v) is 10.8. The van der Waals surface area contributed by atoms with E-state index in [2.05, 4.69) is 15.3 Å². The molecule has 1 saturated heterocycles. The number of benzene rings is 1. The summed E-state index contributed by atoms with van der Waals surface area (Å²) < 4.78 is 0. The van der Waals surface area contributed by atoms with E-state index in [0.717, 1.165) is 23.3 Å². The summed E-state index contributed by atoms with van der Waals surface area (Å²) in [5.41, 5.74) is 2.00. The van der Waals surface area contributed by atoms with E-state index in [0.29, 0.717) is 39.5 Å². The standard InChI is InChI=1S/C20H18N4O3S2/c1-12(25)18-17(13-6-3-2-4-7-13)23-19(29-18)22-15(26)10-14-11-28-20(21-14)24-9-5-8-16(24)27/h2-4,6-7,11H,5,8-10H2,1H3,(H,22,23,26). The molecule has 1 aliphatic heterocycles. The molecule has 0 unspecified atom stereocenters. The Kier molecular flexibility index (Phi) is 5.50. The van der Waals surface area contributed by atoms with Gasteiger partial charge in [-0.25, -0.2) is 9.97 Å². The smallest absolute Gasteiger partial charge is 0.232 e. The third-order valence-corrected chi connectivity index (χ3v) is 6.41. The van der Waals surface area contributed by atoms with Crippen LogP contribution in [0.15, 0.2) is 35.7 Å². The molecule has 0 atom stereocenters. The number of hydrogen-bond donors (Lipinski definition) is 1. The van der Waals surface area contributed by atoms with Gasteiger partial charge in [-0.1, -0.05) is 41.7 Å². The first kappa shape index (κ1) is 19.4. The number of hydrogen-bond acceptors (Lipinski definition) is 7. The highest BCUT2D eigenvalue weighted by Crippen LogP contribution is 2.31. The summed E-state index contributed by atoms with van der Waals surface area (Å²) in [6.45, 7) is 2.16. The highest BCUT2D eigenvalue weighted by atomic mass is 32.1. The van der Waals surface area contributed by atoms with Crippen LogP contribution in [0, 0.1) is 0 Å². The second kappa shape index (κ2) is 8.22. The molecule has 0 saturated carbocycles. The van der Waals surface area contributed by atoms with Gasteiger partial charge >= 0.3 is 0 Å². The van der Waals surface area contributed by atoms with Crippen molar-refractivity contribution in [1.82, 2.24) is 9.97 Å². The molecule has 1 N–H and O–H groups in total. The van der Waals surface area contributed by atoms with Crippen molar-refractivity contribution in [3.8, 4) is 11.3 Å². The fourth-order valence-corrected chi connectivity index (χ4v) is 4.85. The van der Waals surface area contributed by atoms with E-state index in [9.17, 15) is 14.4 Å². The zero-order chi connectivity index (χ0) is 20.4. The number of carbonyl (C=O) groups excluding carboxylic acids is 3. The van der Waals surface area contributed by atoms with Crippen molar-refractivity contribution in [3.05, 3.63) is 46.3 Å². The van der Waals surface area contributed by atoms with Crippen LogP contribution in [0.5, 0.6) is 0 Å². The minimum Gasteiger partial charge on any atom is -0.302 e. The van der Waals surface area contributed by atoms with Gasteiger partial charge in [-0.15, -0.1) is 11.3 Å². The normalized spacial score (nSPS) is 13.7. The summed E-state index contributed by atoms with van der Waals surface area (Å²) >= 11 is 2.53. The maximum Gasteiger partial charge on any atom is 0.232 e. The molecule has 29 heavy (non-hydrogen) atoms. The topological polar surface area (TPSA) is 92.3 Å². The Hall–Kier alpha value is -2.91. The average molecular weight is 427 g/mol. The highest BCUT2D eigenvalue weighted by molar-refractivity contribution is 7.18. The number of thiazole rings is 2. The molecule has 0 spiro atoms. The van der Waals surface area contributed by atoms with Crippen LogP contribution in [0.25, 0.3) is 11.3 Å². The number of amides is 2. The lowest BCUT2D eigenvalue weighted by atomic mass is 10.1. The molecule has 4 rings (SSSR count). The number of carbonyl (C=O) groups is 3. The Morgan fingerprint density at radius 3 is 2.69 bits per heavy atom. The first-order chi connectivity index (χ1) is 14.0. The van der Waals surface area contributed by atoms with Crippen molar-refractivity contribution in [3.63, 3.8) is 0 Å². The van der Waals surface area contributed by atoms with Crippen molar-refractivity contribution < 1.29 is 14.4 Å². The lowest BCUT2D eigenvalue weighted by Gasteiger charge is -2.10. The van der Waals surface area contributed by atoms with Crippen LogP contribution < -0.4 is 10.2 Å². The summed E-state index contributed by atoms with van der Waals surface area (Å²) in [6, 6.07) is 9.40. The molecule has 3 heterocycles. The average Bonchev–Trinajstić information content (AvgIpc) is 3.42. The van der Waals surface area contributed by atoms with Gasteiger partial charge in [0.2, 0.25) is 11.8 Å². The highest BCUT2D eigenvalue weighted by Gasteiger charge is 2.24. The third-order valence-electron chi connectivity index (χ3n) is 4.43. The van der Waals surface area contributed by atoms with Gasteiger partial charge < -0.3 is 5.32 Å². The molecule has 0 bridgehead atoms. The fraction of sp³-hybridized carbons (Fsp3) is 0.250. The minimum atomic E-state index is -0.266. The van der Waals surface area contributed by atoms with Crippen LogP contribution in [0.3, 0.4) is 0 Å². The predicted molar refractivity (Wildman–Crippen MR) is 114 cm³/mol. The van der Waals surface area contributed by atoms with Crippen molar-refractivity contribution in [2.24, 2.45) is 0 Å². The molecule has 2 amide bonds. The van der Waals surface area contributed by atoms with Gasteiger partial charge in [0.05, 0.1) is 22.7 Å². The van der Waals surface area contributed by atoms with Crippen molar-refractivity contribution in [2.75, 3.05) is 16.8 Å². The maximum absolute atomic E-state index is 12.5. The predicted octanol–water partition coefficient (Wildman–Crippen LogP) is 3.78. The van der Waals surface area contributed by atoms with Gasteiger partial charge in [0.1, 0.15) is 0 Å². The molecule has 0 aliphatic carbocycles. The summed E-state index contributed by atoms with van der Waals surface area (Å²) in [5.74, 6) is -0.289. The monoisotopic (exact) mass is 426 g/mol. The number of nitrogens with zero attached hydrogens (tertiary/aromatic N) is 3. The van der Waals surface area contributed by atoms with E-state index < -0.39 is 0 Å². The Balaban J connectivity index is 1.47. The van der Waals surface area contributed by atoms with Gasteiger partial charge in [-0.2, -0.15) is 0 Å². The second-order valence-corrected chi connectivity index (χ2v) is 8.45. The molecule has 148 valence electrons. The number of Topliss-reactive ketones (excluding diaryl/α,β-unsaturated/α-hetero) is 1.